The summed E-state index contributed by atoms with van der Waals surface area (Å²) in [6.45, 7) is 2.83. The number of carboxylic acid groups (broad SMARTS) is 1. The number of hydrogen-bond acceptors (Lipinski definition) is 4. The maximum absolute atomic E-state index is 14.5. The van der Waals surface area contributed by atoms with E-state index in [-0.39, 0.29) is 22.8 Å². The number of rotatable bonds is 5. The zero-order chi connectivity index (χ0) is 28.0. The minimum atomic E-state index is -5.12. The molecule has 5 nitrogen and oxygen atoms in total. The molecule has 38 heavy (non-hydrogen) atoms. The Bertz CT molecular complexity index is 1480. The SMILES string of the molecule is CC1=CC(=O)Oc2ccc(C(O)(C(C)c3ccc(-c4ccc(F)c(C(=O)O)c4)cc3Cl)C(F)(F)F)cc2C1. The van der Waals surface area contributed by atoms with Gasteiger partial charge in [0.2, 0.25) is 0 Å². The number of aromatic carboxylic acids is 1. The third-order valence-electron chi connectivity index (χ3n) is 6.60. The average molecular weight is 549 g/mol. The zero-order valence-corrected chi connectivity index (χ0v) is 20.8. The number of carbonyl (C=O) groups excluding carboxylic acids is 1. The fourth-order valence-electron chi connectivity index (χ4n) is 4.56. The molecule has 0 saturated heterocycles. The molecule has 198 valence electrons. The predicted octanol–water partition coefficient (Wildman–Crippen LogP) is 6.81. The van der Waals surface area contributed by atoms with Crippen molar-refractivity contribution >= 4 is 23.5 Å². The molecule has 3 aromatic rings. The van der Waals surface area contributed by atoms with Crippen molar-refractivity contribution in [3.05, 3.63) is 99.3 Å². The van der Waals surface area contributed by atoms with Crippen LogP contribution in [0.2, 0.25) is 5.02 Å². The number of esters is 1. The lowest BCUT2D eigenvalue weighted by Crippen LogP contribution is -2.46. The molecule has 4 rings (SSSR count). The summed E-state index contributed by atoms with van der Waals surface area (Å²) in [5.74, 6) is -4.54. The molecule has 0 fully saturated rings. The largest absolute Gasteiger partial charge is 0.478 e. The van der Waals surface area contributed by atoms with Crippen molar-refractivity contribution in [2.24, 2.45) is 0 Å². The van der Waals surface area contributed by atoms with Crippen molar-refractivity contribution in [2.45, 2.75) is 38.0 Å². The Balaban J connectivity index is 1.77. The molecule has 0 bridgehead atoms. The van der Waals surface area contributed by atoms with Gasteiger partial charge in [0, 0.05) is 17.0 Å². The van der Waals surface area contributed by atoms with E-state index in [0.717, 1.165) is 18.2 Å². The lowest BCUT2D eigenvalue weighted by molar-refractivity contribution is -0.274. The van der Waals surface area contributed by atoms with Crippen LogP contribution in [-0.2, 0) is 16.8 Å². The number of carbonyl (C=O) groups is 2. The maximum atomic E-state index is 14.5. The van der Waals surface area contributed by atoms with Crippen molar-refractivity contribution < 1.29 is 42.1 Å². The highest BCUT2D eigenvalue weighted by Gasteiger charge is 2.59. The first-order valence-corrected chi connectivity index (χ1v) is 11.7. The minimum absolute atomic E-state index is 0.0201. The van der Waals surface area contributed by atoms with Crippen molar-refractivity contribution in [1.29, 1.82) is 0 Å². The lowest BCUT2D eigenvalue weighted by atomic mass is 9.77. The molecule has 1 heterocycles. The molecule has 0 amide bonds. The van der Waals surface area contributed by atoms with E-state index in [2.05, 4.69) is 0 Å². The van der Waals surface area contributed by atoms with Crippen LogP contribution in [0.15, 0.2) is 66.2 Å². The molecule has 2 unspecified atom stereocenters. The highest BCUT2D eigenvalue weighted by Crippen LogP contribution is 2.50. The van der Waals surface area contributed by atoms with Gasteiger partial charge < -0.3 is 14.9 Å². The van der Waals surface area contributed by atoms with Crippen LogP contribution in [0.4, 0.5) is 17.6 Å². The van der Waals surface area contributed by atoms with Crippen LogP contribution in [0.3, 0.4) is 0 Å². The van der Waals surface area contributed by atoms with E-state index in [0.29, 0.717) is 22.3 Å². The molecule has 0 saturated carbocycles. The summed E-state index contributed by atoms with van der Waals surface area (Å²) < 4.78 is 62.6. The minimum Gasteiger partial charge on any atom is -0.478 e. The summed E-state index contributed by atoms with van der Waals surface area (Å²) in [7, 11) is 0. The quantitative estimate of drug-likeness (QED) is 0.208. The van der Waals surface area contributed by atoms with Gasteiger partial charge in [0.1, 0.15) is 11.6 Å². The number of carboxylic acids is 1. The van der Waals surface area contributed by atoms with Crippen LogP contribution < -0.4 is 4.74 Å². The molecule has 1 aliphatic heterocycles. The van der Waals surface area contributed by atoms with Crippen molar-refractivity contribution in [3.63, 3.8) is 0 Å². The molecular formula is C28H21ClF4O5. The number of fused-ring (bicyclic) bond motifs is 1. The predicted molar refractivity (Wildman–Crippen MR) is 132 cm³/mol. The van der Waals surface area contributed by atoms with E-state index >= 15 is 0 Å². The molecule has 0 spiro atoms. The van der Waals surface area contributed by atoms with E-state index in [1.54, 1.807) is 6.92 Å². The van der Waals surface area contributed by atoms with E-state index in [1.165, 1.54) is 49.4 Å². The number of allylic oxidation sites excluding steroid dienone is 1. The van der Waals surface area contributed by atoms with Crippen LogP contribution in [-0.4, -0.2) is 28.3 Å². The summed E-state index contributed by atoms with van der Waals surface area (Å²) in [4.78, 5) is 23.1. The monoisotopic (exact) mass is 548 g/mol. The Hall–Kier alpha value is -3.69. The molecule has 3 aromatic carbocycles. The van der Waals surface area contributed by atoms with Crippen molar-refractivity contribution in [2.75, 3.05) is 0 Å². The Kier molecular flexibility index (Phi) is 7.11. The maximum Gasteiger partial charge on any atom is 0.422 e. The van der Waals surface area contributed by atoms with Crippen LogP contribution >= 0.6 is 11.6 Å². The van der Waals surface area contributed by atoms with Gasteiger partial charge in [-0.05, 0) is 71.5 Å². The number of hydrogen-bond donors (Lipinski definition) is 2. The van der Waals surface area contributed by atoms with Crippen molar-refractivity contribution in [3.8, 4) is 16.9 Å². The number of ether oxygens (including phenoxy) is 1. The average Bonchev–Trinajstić information content (AvgIpc) is 2.97. The third kappa shape index (κ3) is 4.91. The number of alkyl halides is 3. The first-order chi connectivity index (χ1) is 17.7. The standard InChI is InChI=1S/C28H21ClF4O5/c1-14-9-18-11-19(5-8-24(18)38-25(34)10-14)27(37,28(31,32)33)15(2)20-6-3-17(13-22(20)29)16-4-7-23(30)21(12-16)26(35)36/h3-8,10-13,15,37H,9H2,1-2H3,(H,35,36). The number of aliphatic hydroxyl groups is 1. The lowest BCUT2D eigenvalue weighted by Gasteiger charge is -2.37. The molecule has 0 aliphatic carbocycles. The second kappa shape index (κ2) is 9.89. The van der Waals surface area contributed by atoms with E-state index in [4.69, 9.17) is 16.3 Å². The van der Waals surface area contributed by atoms with Crippen molar-refractivity contribution in [1.82, 2.24) is 0 Å². The molecular weight excluding hydrogens is 528 g/mol. The number of benzene rings is 3. The first kappa shape index (κ1) is 27.3. The fourth-order valence-corrected chi connectivity index (χ4v) is 4.90. The van der Waals surface area contributed by atoms with Gasteiger partial charge in [0.05, 0.1) is 5.56 Å². The Morgan fingerprint density at radius 2 is 1.71 bits per heavy atom. The van der Waals surface area contributed by atoms with Crippen LogP contribution in [0.5, 0.6) is 5.75 Å². The summed E-state index contributed by atoms with van der Waals surface area (Å²) in [6, 6.07) is 10.9. The topological polar surface area (TPSA) is 83.8 Å². The van der Waals surface area contributed by atoms with Crippen LogP contribution in [0.1, 0.15) is 46.8 Å². The highest BCUT2D eigenvalue weighted by atomic mass is 35.5. The van der Waals surface area contributed by atoms with Gasteiger partial charge in [-0.1, -0.05) is 48.4 Å². The van der Waals surface area contributed by atoms with Gasteiger partial charge in [0.15, 0.2) is 5.60 Å². The molecule has 2 atom stereocenters. The second-order valence-corrected chi connectivity index (χ2v) is 9.54. The highest BCUT2D eigenvalue weighted by molar-refractivity contribution is 6.31. The van der Waals surface area contributed by atoms with Gasteiger partial charge in [-0.2, -0.15) is 13.2 Å². The Morgan fingerprint density at radius 1 is 1.05 bits per heavy atom. The summed E-state index contributed by atoms with van der Waals surface area (Å²) in [5.41, 5.74) is -2.88. The van der Waals surface area contributed by atoms with E-state index in [1.807, 2.05) is 0 Å². The summed E-state index contributed by atoms with van der Waals surface area (Å²) in [5, 5.41) is 20.3. The van der Waals surface area contributed by atoms with Crippen LogP contribution in [0, 0.1) is 5.82 Å². The van der Waals surface area contributed by atoms with Gasteiger partial charge in [-0.3, -0.25) is 0 Å². The molecule has 2 N–H and O–H groups in total. The number of halogens is 5. The summed E-state index contributed by atoms with van der Waals surface area (Å²) in [6.07, 6.45) is -3.72. The Labute approximate surface area is 219 Å². The van der Waals surface area contributed by atoms with Gasteiger partial charge in [0.25, 0.3) is 0 Å². The molecule has 1 aliphatic rings. The Morgan fingerprint density at radius 3 is 2.34 bits per heavy atom. The summed E-state index contributed by atoms with van der Waals surface area (Å²) >= 11 is 6.39. The van der Waals surface area contributed by atoms with Gasteiger partial charge in [-0.15, -0.1) is 0 Å². The fraction of sp³-hybridized carbons (Fsp3) is 0.214. The molecule has 10 heteroatoms. The molecule has 0 radical (unpaired) electrons. The first-order valence-electron chi connectivity index (χ1n) is 11.4. The van der Waals surface area contributed by atoms with Gasteiger partial charge >= 0.3 is 18.1 Å². The van der Waals surface area contributed by atoms with Gasteiger partial charge in [-0.25, -0.2) is 14.0 Å². The van der Waals surface area contributed by atoms with E-state index in [9.17, 15) is 37.4 Å². The zero-order valence-electron chi connectivity index (χ0n) is 20.1. The second-order valence-electron chi connectivity index (χ2n) is 9.13. The van der Waals surface area contributed by atoms with Crippen LogP contribution in [0.25, 0.3) is 11.1 Å². The third-order valence-corrected chi connectivity index (χ3v) is 6.93. The van der Waals surface area contributed by atoms with E-state index < -0.39 is 46.6 Å². The smallest absolute Gasteiger partial charge is 0.422 e. The normalized spacial score (nSPS) is 16.0. The molecule has 0 aromatic heterocycles.